The van der Waals surface area contributed by atoms with Crippen LogP contribution in [0.15, 0.2) is 58.3 Å². The molecule has 0 atom stereocenters. The Labute approximate surface area is 116 Å². The summed E-state index contributed by atoms with van der Waals surface area (Å²) in [7, 11) is 1.68. The van der Waals surface area contributed by atoms with Crippen molar-refractivity contribution >= 4 is 23.5 Å². The SMILES string of the molecule is COc1cccc(Sc2cccc(CNCl)c2)c1. The van der Waals surface area contributed by atoms with Crippen molar-refractivity contribution in [2.75, 3.05) is 7.11 Å². The average molecular weight is 280 g/mol. The molecule has 0 unspecified atom stereocenters. The lowest BCUT2D eigenvalue weighted by atomic mass is 10.2. The molecule has 2 aromatic rings. The molecule has 4 heteroatoms. The minimum atomic E-state index is 0.661. The summed E-state index contributed by atoms with van der Waals surface area (Å²) in [5.74, 6) is 0.874. The Morgan fingerprint density at radius 2 is 1.83 bits per heavy atom. The van der Waals surface area contributed by atoms with E-state index in [1.165, 1.54) is 4.90 Å². The van der Waals surface area contributed by atoms with E-state index in [0.29, 0.717) is 6.54 Å². The number of rotatable bonds is 5. The lowest BCUT2D eigenvalue weighted by Gasteiger charge is -2.06. The quantitative estimate of drug-likeness (QED) is 0.833. The van der Waals surface area contributed by atoms with Gasteiger partial charge in [-0.25, -0.2) is 4.84 Å². The van der Waals surface area contributed by atoms with Crippen molar-refractivity contribution in [3.63, 3.8) is 0 Å². The van der Waals surface area contributed by atoms with E-state index in [1.807, 2.05) is 30.3 Å². The highest BCUT2D eigenvalue weighted by molar-refractivity contribution is 7.99. The summed E-state index contributed by atoms with van der Waals surface area (Å²) in [5, 5.41) is 0. The second-order valence-corrected chi connectivity index (χ2v) is 5.15. The van der Waals surface area contributed by atoms with Crippen LogP contribution < -0.4 is 9.57 Å². The molecular weight excluding hydrogens is 266 g/mol. The van der Waals surface area contributed by atoms with Crippen molar-refractivity contribution in [2.24, 2.45) is 0 Å². The van der Waals surface area contributed by atoms with E-state index in [1.54, 1.807) is 18.9 Å². The molecule has 0 saturated carbocycles. The number of hydrogen-bond acceptors (Lipinski definition) is 3. The fraction of sp³-hybridized carbons (Fsp3) is 0.143. The first kappa shape index (κ1) is 13.3. The molecule has 0 bridgehead atoms. The van der Waals surface area contributed by atoms with Crippen molar-refractivity contribution in [3.8, 4) is 5.75 Å². The third-order valence-electron chi connectivity index (χ3n) is 2.45. The minimum absolute atomic E-state index is 0.661. The maximum atomic E-state index is 5.51. The summed E-state index contributed by atoms with van der Waals surface area (Å²) < 4.78 is 5.21. The summed E-state index contributed by atoms with van der Waals surface area (Å²) in [5.41, 5.74) is 1.16. The van der Waals surface area contributed by atoms with Crippen molar-refractivity contribution in [1.29, 1.82) is 0 Å². The second-order valence-electron chi connectivity index (χ2n) is 3.74. The Balaban J connectivity index is 2.14. The Kier molecular flexibility index (Phi) is 4.93. The summed E-state index contributed by atoms with van der Waals surface area (Å²) in [6.07, 6.45) is 0. The van der Waals surface area contributed by atoms with Gasteiger partial charge in [0.1, 0.15) is 5.75 Å². The van der Waals surface area contributed by atoms with Crippen LogP contribution in [0.1, 0.15) is 5.56 Å². The van der Waals surface area contributed by atoms with Gasteiger partial charge in [-0.05, 0) is 47.7 Å². The van der Waals surface area contributed by atoms with Crippen LogP contribution in [0.2, 0.25) is 0 Å². The lowest BCUT2D eigenvalue weighted by molar-refractivity contribution is 0.413. The fourth-order valence-electron chi connectivity index (χ4n) is 1.60. The monoisotopic (exact) mass is 279 g/mol. The summed E-state index contributed by atoms with van der Waals surface area (Å²) in [4.78, 5) is 4.98. The minimum Gasteiger partial charge on any atom is -0.497 e. The number of benzene rings is 2. The molecule has 0 aromatic heterocycles. The summed E-state index contributed by atoms with van der Waals surface area (Å²) in [6, 6.07) is 16.3. The van der Waals surface area contributed by atoms with Gasteiger partial charge in [-0.3, -0.25) is 0 Å². The molecule has 94 valence electrons. The molecule has 0 amide bonds. The molecule has 2 nitrogen and oxygen atoms in total. The van der Waals surface area contributed by atoms with Gasteiger partial charge in [0, 0.05) is 16.3 Å². The first-order valence-electron chi connectivity index (χ1n) is 5.56. The van der Waals surface area contributed by atoms with Gasteiger partial charge >= 0.3 is 0 Å². The maximum absolute atomic E-state index is 5.51. The van der Waals surface area contributed by atoms with Gasteiger partial charge in [-0.2, -0.15) is 0 Å². The van der Waals surface area contributed by atoms with Crippen molar-refractivity contribution in [2.45, 2.75) is 16.3 Å². The molecule has 0 saturated heterocycles. The van der Waals surface area contributed by atoms with Crippen LogP contribution in [-0.2, 0) is 6.54 Å². The highest BCUT2D eigenvalue weighted by Crippen LogP contribution is 2.30. The van der Waals surface area contributed by atoms with Gasteiger partial charge in [-0.1, -0.05) is 30.0 Å². The normalized spacial score (nSPS) is 10.3. The highest BCUT2D eigenvalue weighted by atomic mass is 35.5. The first-order chi connectivity index (χ1) is 8.81. The van der Waals surface area contributed by atoms with Gasteiger partial charge in [-0.15, -0.1) is 0 Å². The standard InChI is InChI=1S/C14H14ClNOS/c1-17-12-5-3-7-14(9-12)18-13-6-2-4-11(8-13)10-16-15/h2-9,16H,10H2,1H3. The zero-order valence-corrected chi connectivity index (χ0v) is 11.6. The van der Waals surface area contributed by atoms with E-state index in [4.69, 9.17) is 16.5 Å². The molecular formula is C14H14ClNOS. The third kappa shape index (κ3) is 3.67. The van der Waals surface area contributed by atoms with Crippen LogP contribution in [-0.4, -0.2) is 7.11 Å². The molecule has 0 aliphatic rings. The molecule has 0 spiro atoms. The van der Waals surface area contributed by atoms with Crippen molar-refractivity contribution in [3.05, 3.63) is 54.1 Å². The van der Waals surface area contributed by atoms with Gasteiger partial charge < -0.3 is 4.74 Å². The fourth-order valence-corrected chi connectivity index (χ4v) is 2.70. The van der Waals surface area contributed by atoms with Crippen LogP contribution in [0.3, 0.4) is 0 Å². The van der Waals surface area contributed by atoms with Crippen molar-refractivity contribution < 1.29 is 4.74 Å². The molecule has 0 radical (unpaired) electrons. The lowest BCUT2D eigenvalue weighted by Crippen LogP contribution is -1.97. The van der Waals surface area contributed by atoms with Gasteiger partial charge in [0.25, 0.3) is 0 Å². The molecule has 2 aromatic carbocycles. The summed E-state index contributed by atoms with van der Waals surface area (Å²) >= 11 is 7.22. The third-order valence-corrected chi connectivity index (χ3v) is 3.56. The summed E-state index contributed by atoms with van der Waals surface area (Å²) in [6.45, 7) is 0.661. The highest BCUT2D eigenvalue weighted by Gasteiger charge is 2.00. The topological polar surface area (TPSA) is 21.3 Å². The average Bonchev–Trinajstić information content (AvgIpc) is 2.40. The smallest absolute Gasteiger partial charge is 0.119 e. The first-order valence-corrected chi connectivity index (χ1v) is 6.75. The van der Waals surface area contributed by atoms with Crippen LogP contribution >= 0.6 is 23.5 Å². The van der Waals surface area contributed by atoms with E-state index < -0.39 is 0 Å². The second kappa shape index (κ2) is 6.69. The number of nitrogens with one attached hydrogen (secondary N) is 1. The maximum Gasteiger partial charge on any atom is 0.119 e. The Bertz CT molecular complexity index is 519. The van der Waals surface area contributed by atoms with Crippen LogP contribution in [0, 0.1) is 0 Å². The molecule has 0 heterocycles. The molecule has 0 aliphatic carbocycles. The molecule has 0 fully saturated rings. The van der Waals surface area contributed by atoms with E-state index in [0.717, 1.165) is 16.2 Å². The number of hydrogen-bond donors (Lipinski definition) is 1. The molecule has 1 N–H and O–H groups in total. The predicted octanol–water partition coefficient (Wildman–Crippen LogP) is 4.09. The van der Waals surface area contributed by atoms with Gasteiger partial charge in [0.05, 0.1) is 7.11 Å². The predicted molar refractivity (Wildman–Crippen MR) is 76.3 cm³/mol. The van der Waals surface area contributed by atoms with E-state index in [9.17, 15) is 0 Å². The van der Waals surface area contributed by atoms with Crippen molar-refractivity contribution in [1.82, 2.24) is 4.84 Å². The van der Waals surface area contributed by atoms with E-state index in [2.05, 4.69) is 23.0 Å². The Morgan fingerprint density at radius 3 is 2.56 bits per heavy atom. The zero-order valence-electron chi connectivity index (χ0n) is 10.0. The number of halogens is 1. The largest absolute Gasteiger partial charge is 0.497 e. The van der Waals surface area contributed by atoms with E-state index in [-0.39, 0.29) is 0 Å². The molecule has 0 aliphatic heterocycles. The molecule has 2 rings (SSSR count). The number of methoxy groups -OCH3 is 1. The van der Waals surface area contributed by atoms with Gasteiger partial charge in [0.2, 0.25) is 0 Å². The van der Waals surface area contributed by atoms with Gasteiger partial charge in [0.15, 0.2) is 0 Å². The van der Waals surface area contributed by atoms with Crippen LogP contribution in [0.5, 0.6) is 5.75 Å². The number of ether oxygens (including phenoxy) is 1. The molecule has 18 heavy (non-hydrogen) atoms. The van der Waals surface area contributed by atoms with Crippen LogP contribution in [0.4, 0.5) is 0 Å². The zero-order chi connectivity index (χ0) is 12.8. The van der Waals surface area contributed by atoms with E-state index >= 15 is 0 Å². The Hall–Kier alpha value is -1.16. The van der Waals surface area contributed by atoms with Crippen LogP contribution in [0.25, 0.3) is 0 Å². The Morgan fingerprint density at radius 1 is 1.11 bits per heavy atom.